The zero-order chi connectivity index (χ0) is 17.9. The van der Waals surface area contributed by atoms with Crippen LogP contribution in [0.15, 0.2) is 0 Å². The highest BCUT2D eigenvalue weighted by atomic mass is 16.5. The minimum atomic E-state index is -0.375. The van der Waals surface area contributed by atoms with Crippen LogP contribution in [0.2, 0.25) is 0 Å². The van der Waals surface area contributed by atoms with Gasteiger partial charge in [0.25, 0.3) is 0 Å². The first-order valence-electron chi connectivity index (χ1n) is 10.3. The monoisotopic (exact) mass is 340 g/mol. The van der Waals surface area contributed by atoms with Gasteiger partial charge in [0.1, 0.15) is 6.61 Å². The third kappa shape index (κ3) is 19.2. The number of ether oxygens (including phenoxy) is 1. The molecule has 0 amide bonds. The lowest BCUT2D eigenvalue weighted by Gasteiger charge is -2.04. The van der Waals surface area contributed by atoms with E-state index in [2.05, 4.69) is 11.7 Å². The van der Waals surface area contributed by atoms with Crippen LogP contribution in [-0.4, -0.2) is 18.4 Å². The number of hydrogen-bond acceptors (Lipinski definition) is 3. The van der Waals surface area contributed by atoms with Crippen molar-refractivity contribution >= 4 is 11.8 Å². The maximum absolute atomic E-state index is 11.4. The second kappa shape index (κ2) is 18.5. The van der Waals surface area contributed by atoms with E-state index in [1.165, 1.54) is 90.4 Å². The van der Waals surface area contributed by atoms with Gasteiger partial charge < -0.3 is 4.74 Å². The summed E-state index contributed by atoms with van der Waals surface area (Å²) in [5, 5.41) is 0. The molecule has 3 nitrogen and oxygen atoms in total. The summed E-state index contributed by atoms with van der Waals surface area (Å²) in [5.41, 5.74) is 0. The lowest BCUT2D eigenvalue weighted by Crippen LogP contribution is -2.11. The van der Waals surface area contributed by atoms with Crippen LogP contribution < -0.4 is 0 Å². The van der Waals surface area contributed by atoms with Crippen molar-refractivity contribution in [1.29, 1.82) is 0 Å². The van der Waals surface area contributed by atoms with E-state index in [0.29, 0.717) is 6.42 Å². The Hall–Kier alpha value is -0.860. The van der Waals surface area contributed by atoms with Gasteiger partial charge in [-0.15, -0.1) is 0 Å². The Morgan fingerprint density at radius 1 is 0.625 bits per heavy atom. The summed E-state index contributed by atoms with van der Waals surface area (Å²) < 4.78 is 4.69. The molecule has 0 spiro atoms. The van der Waals surface area contributed by atoms with Crippen LogP contribution in [0.3, 0.4) is 0 Å². The van der Waals surface area contributed by atoms with Gasteiger partial charge in [-0.05, 0) is 6.42 Å². The molecule has 0 aromatic heterocycles. The minimum Gasteiger partial charge on any atom is -0.458 e. The Morgan fingerprint density at radius 3 is 1.38 bits per heavy atom. The topological polar surface area (TPSA) is 43.4 Å². The van der Waals surface area contributed by atoms with Gasteiger partial charge in [0, 0.05) is 13.3 Å². The molecule has 0 radical (unpaired) electrons. The van der Waals surface area contributed by atoms with Crippen molar-refractivity contribution in [2.75, 3.05) is 6.61 Å². The lowest BCUT2D eigenvalue weighted by atomic mass is 10.0. The number of Topliss-reactive ketones (excluding diaryl/α,β-unsaturated/α-hetero) is 1. The van der Waals surface area contributed by atoms with Gasteiger partial charge in [-0.25, -0.2) is 0 Å². The molecule has 0 bridgehead atoms. The van der Waals surface area contributed by atoms with Crippen molar-refractivity contribution in [2.24, 2.45) is 0 Å². The smallest absolute Gasteiger partial charge is 0.303 e. The van der Waals surface area contributed by atoms with Gasteiger partial charge in [0.15, 0.2) is 5.78 Å². The second-order valence-corrected chi connectivity index (χ2v) is 7.02. The highest BCUT2D eigenvalue weighted by Crippen LogP contribution is 2.13. The zero-order valence-electron chi connectivity index (χ0n) is 16.2. The summed E-state index contributed by atoms with van der Waals surface area (Å²) in [4.78, 5) is 22.0. The molecule has 0 aliphatic carbocycles. The van der Waals surface area contributed by atoms with E-state index in [1.54, 1.807) is 0 Å². The van der Waals surface area contributed by atoms with Gasteiger partial charge in [0.05, 0.1) is 0 Å². The average Bonchev–Trinajstić information content (AvgIpc) is 2.56. The Balaban J connectivity index is 3.10. The molecule has 0 fully saturated rings. The minimum absolute atomic E-state index is 0.0416. The van der Waals surface area contributed by atoms with E-state index in [1.807, 2.05) is 0 Å². The molecule has 24 heavy (non-hydrogen) atoms. The molecule has 0 aliphatic rings. The van der Waals surface area contributed by atoms with Crippen molar-refractivity contribution in [3.63, 3.8) is 0 Å². The van der Waals surface area contributed by atoms with Gasteiger partial charge in [0.2, 0.25) is 0 Å². The van der Waals surface area contributed by atoms with Crippen molar-refractivity contribution in [1.82, 2.24) is 0 Å². The normalized spacial score (nSPS) is 10.8. The predicted molar refractivity (Wildman–Crippen MR) is 101 cm³/mol. The summed E-state index contributed by atoms with van der Waals surface area (Å²) in [6, 6.07) is 0. The van der Waals surface area contributed by atoms with Gasteiger partial charge in [-0.2, -0.15) is 0 Å². The molecule has 0 N–H and O–H groups in total. The van der Waals surface area contributed by atoms with Crippen LogP contribution in [0, 0.1) is 0 Å². The standard InChI is InChI=1S/C21H40O3/c1-3-4-5-6-7-8-9-10-11-12-13-14-15-16-17-18-21(23)19-24-20(2)22/h3-19H2,1-2H3. The molecule has 0 atom stereocenters. The van der Waals surface area contributed by atoms with Crippen molar-refractivity contribution < 1.29 is 14.3 Å². The van der Waals surface area contributed by atoms with Crippen LogP contribution >= 0.6 is 0 Å². The Morgan fingerprint density at radius 2 is 1.00 bits per heavy atom. The first kappa shape index (κ1) is 23.1. The second-order valence-electron chi connectivity index (χ2n) is 7.02. The van der Waals surface area contributed by atoms with E-state index < -0.39 is 0 Å². The first-order valence-corrected chi connectivity index (χ1v) is 10.3. The fourth-order valence-electron chi connectivity index (χ4n) is 2.95. The fourth-order valence-corrected chi connectivity index (χ4v) is 2.95. The van der Waals surface area contributed by atoms with E-state index >= 15 is 0 Å². The van der Waals surface area contributed by atoms with Crippen LogP contribution in [0.1, 0.15) is 117 Å². The molecule has 0 unspecified atom stereocenters. The van der Waals surface area contributed by atoms with Crippen molar-refractivity contribution in [2.45, 2.75) is 117 Å². The molecule has 0 heterocycles. The molecule has 0 rings (SSSR count). The maximum atomic E-state index is 11.4. The molecular weight excluding hydrogens is 300 g/mol. The third-order valence-electron chi connectivity index (χ3n) is 4.50. The quantitative estimate of drug-likeness (QED) is 0.215. The highest BCUT2D eigenvalue weighted by Gasteiger charge is 2.03. The summed E-state index contributed by atoms with van der Waals surface area (Å²) in [7, 11) is 0. The summed E-state index contributed by atoms with van der Waals surface area (Å²) >= 11 is 0. The average molecular weight is 341 g/mol. The van der Waals surface area contributed by atoms with Gasteiger partial charge in [-0.1, -0.05) is 96.8 Å². The number of unbranched alkanes of at least 4 members (excludes halogenated alkanes) is 14. The fraction of sp³-hybridized carbons (Fsp3) is 0.905. The number of hydrogen-bond donors (Lipinski definition) is 0. The van der Waals surface area contributed by atoms with E-state index in [0.717, 1.165) is 12.8 Å². The molecule has 0 aromatic rings. The molecule has 0 aromatic carbocycles. The van der Waals surface area contributed by atoms with Crippen molar-refractivity contribution in [3.05, 3.63) is 0 Å². The van der Waals surface area contributed by atoms with Crippen LogP contribution in [-0.2, 0) is 14.3 Å². The molecular formula is C21H40O3. The Kier molecular flexibility index (Phi) is 17.8. The predicted octanol–water partition coefficient (Wildman–Crippen LogP) is 6.38. The molecule has 3 heteroatoms. The molecule has 142 valence electrons. The summed E-state index contributed by atoms with van der Waals surface area (Å²) in [6.07, 6.45) is 20.4. The van der Waals surface area contributed by atoms with Gasteiger partial charge in [-0.3, -0.25) is 9.59 Å². The number of esters is 1. The molecule has 0 aliphatic heterocycles. The molecule has 0 saturated heterocycles. The number of rotatable bonds is 18. The van der Waals surface area contributed by atoms with Crippen LogP contribution in [0.25, 0.3) is 0 Å². The summed E-state index contributed by atoms with van der Waals surface area (Å²) in [6.45, 7) is 3.56. The highest BCUT2D eigenvalue weighted by molar-refractivity contribution is 5.81. The number of ketones is 1. The Labute approximate surface area is 149 Å². The zero-order valence-corrected chi connectivity index (χ0v) is 16.2. The Bertz CT molecular complexity index is 299. The van der Waals surface area contributed by atoms with E-state index in [9.17, 15) is 9.59 Å². The SMILES string of the molecule is CCCCCCCCCCCCCCCCCC(=O)COC(C)=O. The van der Waals surface area contributed by atoms with E-state index in [4.69, 9.17) is 0 Å². The van der Waals surface area contributed by atoms with Crippen molar-refractivity contribution in [3.8, 4) is 0 Å². The van der Waals surface area contributed by atoms with Gasteiger partial charge >= 0.3 is 5.97 Å². The number of carbonyl (C=O) groups excluding carboxylic acids is 2. The van der Waals surface area contributed by atoms with Crippen LogP contribution in [0.5, 0.6) is 0 Å². The molecule has 0 saturated carbocycles. The first-order chi connectivity index (χ1) is 11.7. The third-order valence-corrected chi connectivity index (χ3v) is 4.50. The lowest BCUT2D eigenvalue weighted by molar-refractivity contribution is -0.145. The van der Waals surface area contributed by atoms with Crippen LogP contribution in [0.4, 0.5) is 0 Å². The largest absolute Gasteiger partial charge is 0.458 e. The number of carbonyl (C=O) groups is 2. The summed E-state index contributed by atoms with van der Waals surface area (Å²) in [5.74, 6) is -0.334. The maximum Gasteiger partial charge on any atom is 0.303 e. The van der Waals surface area contributed by atoms with E-state index in [-0.39, 0.29) is 18.4 Å².